The molecule has 0 saturated heterocycles. The molecule has 0 aliphatic carbocycles. The van der Waals surface area contributed by atoms with Gasteiger partial charge in [0.1, 0.15) is 11.9 Å². The summed E-state index contributed by atoms with van der Waals surface area (Å²) in [7, 11) is -1.29. The molecule has 0 aliphatic rings. The topological polar surface area (TPSA) is 27.1 Å². The fourth-order valence-electron chi connectivity index (χ4n) is 1.27. The maximum absolute atomic E-state index is 12.7. The summed E-state index contributed by atoms with van der Waals surface area (Å²) >= 11 is 11.2. The fraction of sp³-hybridized carbons (Fsp3) is 0.700. The van der Waals surface area contributed by atoms with Crippen LogP contribution in [0.3, 0.4) is 0 Å². The molecule has 19 heavy (non-hydrogen) atoms. The van der Waals surface area contributed by atoms with Crippen molar-refractivity contribution < 1.29 is 17.9 Å². The number of nitrogens with zero attached hydrogens (tertiary/aromatic N) is 2. The average Bonchev–Trinajstić information content (AvgIpc) is 2.50. The molecule has 0 fully saturated rings. The van der Waals surface area contributed by atoms with Crippen LogP contribution in [0.5, 0.6) is 0 Å². The summed E-state index contributed by atoms with van der Waals surface area (Å²) in [6, 6.07) is 0.856. The molecule has 0 spiro atoms. The van der Waals surface area contributed by atoms with Crippen LogP contribution >= 0.6 is 23.2 Å². The Bertz CT molecular complexity index is 443. The smallest absolute Gasteiger partial charge is 0.361 e. The van der Waals surface area contributed by atoms with Gasteiger partial charge in [0.2, 0.25) is 5.82 Å². The standard InChI is InChI=1S/C10H15Cl2F3N2OSi/c1-19(2,3)5-4-18-6-17-8(12)7(11)16-9(17)10(13,14)15/h4-6H2,1-3H3. The lowest BCUT2D eigenvalue weighted by Crippen LogP contribution is -2.23. The zero-order chi connectivity index (χ0) is 14.8. The summed E-state index contributed by atoms with van der Waals surface area (Å²) in [4.78, 5) is 3.21. The molecule has 9 heteroatoms. The summed E-state index contributed by atoms with van der Waals surface area (Å²) in [5.41, 5.74) is 0. The van der Waals surface area contributed by atoms with Gasteiger partial charge < -0.3 is 4.74 Å². The number of halogens is 5. The minimum atomic E-state index is -4.61. The molecule has 0 aliphatic heterocycles. The van der Waals surface area contributed by atoms with Gasteiger partial charge in [0.25, 0.3) is 0 Å². The number of hydrogen-bond donors (Lipinski definition) is 0. The van der Waals surface area contributed by atoms with E-state index in [-0.39, 0.29) is 17.0 Å². The van der Waals surface area contributed by atoms with Crippen LogP contribution in [0.25, 0.3) is 0 Å². The zero-order valence-corrected chi connectivity index (χ0v) is 13.3. The largest absolute Gasteiger partial charge is 0.449 e. The molecule has 1 aromatic rings. The van der Waals surface area contributed by atoms with E-state index in [0.717, 1.165) is 10.6 Å². The van der Waals surface area contributed by atoms with Crippen LogP contribution in [0, 0.1) is 0 Å². The van der Waals surface area contributed by atoms with Crippen LogP contribution in [-0.2, 0) is 17.6 Å². The Hall–Kier alpha value is -0.243. The minimum absolute atomic E-state index is 0.262. The van der Waals surface area contributed by atoms with Crippen molar-refractivity contribution in [2.45, 2.75) is 38.6 Å². The van der Waals surface area contributed by atoms with Crippen LogP contribution in [-0.4, -0.2) is 24.2 Å². The zero-order valence-electron chi connectivity index (χ0n) is 10.8. The van der Waals surface area contributed by atoms with Gasteiger partial charge in [0.05, 0.1) is 0 Å². The van der Waals surface area contributed by atoms with Crippen LogP contribution < -0.4 is 0 Å². The number of alkyl halides is 3. The molecule has 0 saturated carbocycles. The number of imidazole rings is 1. The van der Waals surface area contributed by atoms with Gasteiger partial charge in [0.15, 0.2) is 5.15 Å². The number of hydrogen-bond acceptors (Lipinski definition) is 2. The molecule has 0 aromatic carbocycles. The van der Waals surface area contributed by atoms with Crippen LogP contribution in [0.15, 0.2) is 0 Å². The highest BCUT2D eigenvalue weighted by Crippen LogP contribution is 2.33. The van der Waals surface area contributed by atoms with Gasteiger partial charge in [-0.2, -0.15) is 13.2 Å². The molecular formula is C10H15Cl2F3N2OSi. The second-order valence-electron chi connectivity index (χ2n) is 5.29. The van der Waals surface area contributed by atoms with Crippen molar-refractivity contribution in [2.24, 2.45) is 0 Å². The summed E-state index contributed by atoms with van der Waals surface area (Å²) in [5.74, 6) is -1.14. The van der Waals surface area contributed by atoms with E-state index in [1.807, 2.05) is 0 Å². The minimum Gasteiger partial charge on any atom is -0.361 e. The molecule has 0 amide bonds. The molecular weight excluding hydrogens is 320 g/mol. The Balaban J connectivity index is 2.73. The van der Waals surface area contributed by atoms with E-state index in [4.69, 9.17) is 27.9 Å². The first-order valence-electron chi connectivity index (χ1n) is 5.59. The van der Waals surface area contributed by atoms with E-state index < -0.39 is 20.1 Å². The van der Waals surface area contributed by atoms with Crippen molar-refractivity contribution in [3.63, 3.8) is 0 Å². The summed E-state index contributed by atoms with van der Waals surface area (Å²) < 4.78 is 44.0. The van der Waals surface area contributed by atoms with E-state index in [1.165, 1.54) is 0 Å². The quantitative estimate of drug-likeness (QED) is 0.584. The molecule has 0 unspecified atom stereocenters. The van der Waals surface area contributed by atoms with E-state index in [2.05, 4.69) is 24.6 Å². The summed E-state index contributed by atoms with van der Waals surface area (Å²) in [6.45, 7) is 6.53. The highest BCUT2D eigenvalue weighted by Gasteiger charge is 2.38. The van der Waals surface area contributed by atoms with Crippen LogP contribution in [0.4, 0.5) is 13.2 Å². The van der Waals surface area contributed by atoms with Gasteiger partial charge in [-0.1, -0.05) is 42.8 Å². The van der Waals surface area contributed by atoms with Crippen molar-refractivity contribution in [1.82, 2.24) is 9.55 Å². The second-order valence-corrected chi connectivity index (χ2v) is 11.6. The van der Waals surface area contributed by atoms with Crippen molar-refractivity contribution in [1.29, 1.82) is 0 Å². The average molecular weight is 335 g/mol. The molecule has 1 heterocycles. The highest BCUT2D eigenvalue weighted by atomic mass is 35.5. The van der Waals surface area contributed by atoms with Crippen molar-refractivity contribution in [2.75, 3.05) is 6.61 Å². The number of rotatable bonds is 5. The lowest BCUT2D eigenvalue weighted by atomic mass is 10.6. The molecule has 1 rings (SSSR count). The molecule has 0 N–H and O–H groups in total. The summed E-state index contributed by atoms with van der Waals surface area (Å²) in [6.07, 6.45) is -4.61. The Morgan fingerprint density at radius 1 is 1.26 bits per heavy atom. The first-order valence-corrected chi connectivity index (χ1v) is 10.0. The monoisotopic (exact) mass is 334 g/mol. The van der Waals surface area contributed by atoms with Gasteiger partial charge in [-0.25, -0.2) is 4.98 Å². The predicted octanol–water partition coefficient (Wildman–Crippen LogP) is 4.52. The maximum atomic E-state index is 12.7. The Kier molecular flexibility index (Phi) is 5.33. The maximum Gasteiger partial charge on any atom is 0.449 e. The van der Waals surface area contributed by atoms with E-state index >= 15 is 0 Å². The molecule has 3 nitrogen and oxygen atoms in total. The van der Waals surface area contributed by atoms with Crippen molar-refractivity contribution >= 4 is 31.3 Å². The third kappa shape index (κ3) is 4.98. The molecule has 0 atom stereocenters. The number of aromatic nitrogens is 2. The van der Waals surface area contributed by atoms with Gasteiger partial charge >= 0.3 is 6.18 Å². The van der Waals surface area contributed by atoms with Gasteiger partial charge in [-0.05, 0) is 6.04 Å². The molecule has 110 valence electrons. The van der Waals surface area contributed by atoms with E-state index in [1.54, 1.807) is 0 Å². The Morgan fingerprint density at radius 3 is 2.32 bits per heavy atom. The fourth-order valence-corrected chi connectivity index (χ4v) is 2.38. The first kappa shape index (κ1) is 16.8. The van der Waals surface area contributed by atoms with E-state index in [9.17, 15) is 13.2 Å². The highest BCUT2D eigenvalue weighted by molar-refractivity contribution is 6.76. The molecule has 0 bridgehead atoms. The first-order chi connectivity index (χ1) is 8.52. The Labute approximate surface area is 120 Å². The lowest BCUT2D eigenvalue weighted by molar-refractivity contribution is -0.149. The second kappa shape index (κ2) is 6.03. The van der Waals surface area contributed by atoms with Gasteiger partial charge in [-0.15, -0.1) is 0 Å². The van der Waals surface area contributed by atoms with Gasteiger partial charge in [-0.3, -0.25) is 4.57 Å². The van der Waals surface area contributed by atoms with E-state index in [0.29, 0.717) is 6.61 Å². The van der Waals surface area contributed by atoms with Crippen molar-refractivity contribution in [3.05, 3.63) is 16.1 Å². The van der Waals surface area contributed by atoms with Crippen molar-refractivity contribution in [3.8, 4) is 0 Å². The molecule has 0 radical (unpaired) electrons. The molecule has 1 aromatic heterocycles. The normalized spacial score (nSPS) is 13.1. The Morgan fingerprint density at radius 2 is 1.84 bits per heavy atom. The summed E-state index contributed by atoms with van der Waals surface area (Å²) in [5, 5.41) is -0.634. The third-order valence-electron chi connectivity index (χ3n) is 2.34. The number of ether oxygens (including phenoxy) is 1. The predicted molar refractivity (Wildman–Crippen MR) is 71.4 cm³/mol. The van der Waals surface area contributed by atoms with Crippen LogP contribution in [0.1, 0.15) is 5.82 Å². The SMILES string of the molecule is C[Si](C)(C)CCOCn1c(C(F)(F)F)nc(Cl)c1Cl. The third-order valence-corrected chi connectivity index (χ3v) is 4.78. The lowest BCUT2D eigenvalue weighted by Gasteiger charge is -2.16. The van der Waals surface area contributed by atoms with Crippen LogP contribution in [0.2, 0.25) is 36.0 Å². The van der Waals surface area contributed by atoms with Gasteiger partial charge in [0, 0.05) is 14.7 Å².